The quantitative estimate of drug-likeness (QED) is 0.569. The normalized spacial score (nSPS) is 12.8. The van der Waals surface area contributed by atoms with Crippen molar-refractivity contribution in [3.63, 3.8) is 0 Å². The fraction of sp³-hybridized carbons (Fsp3) is 0.462. The van der Waals surface area contributed by atoms with E-state index < -0.39 is 21.2 Å². The Labute approximate surface area is 129 Å². The minimum absolute atomic E-state index is 0.0277. The van der Waals surface area contributed by atoms with E-state index in [1.807, 2.05) is 6.07 Å². The number of nitrogens with one attached hydrogen (secondary N) is 1. The fourth-order valence-corrected chi connectivity index (χ4v) is 2.86. The molecule has 0 fully saturated rings. The van der Waals surface area contributed by atoms with Gasteiger partial charge in [0.1, 0.15) is 0 Å². The smallest absolute Gasteiger partial charge is 0.258 e. The van der Waals surface area contributed by atoms with Crippen LogP contribution in [-0.2, 0) is 16.6 Å². The molecule has 1 atom stereocenters. The molecule has 0 radical (unpaired) electrons. The summed E-state index contributed by atoms with van der Waals surface area (Å²) in [5, 5.41) is 19.3. The molecule has 9 heteroatoms. The molecule has 0 bridgehead atoms. The highest BCUT2D eigenvalue weighted by molar-refractivity contribution is 7.87. The van der Waals surface area contributed by atoms with E-state index in [0.29, 0.717) is 12.0 Å². The summed E-state index contributed by atoms with van der Waals surface area (Å²) in [6, 6.07) is 7.54. The Hall–Kier alpha value is -2.02. The third-order valence-electron chi connectivity index (χ3n) is 3.21. The van der Waals surface area contributed by atoms with E-state index in [1.54, 1.807) is 19.1 Å². The van der Waals surface area contributed by atoms with Crippen molar-refractivity contribution in [3.8, 4) is 6.07 Å². The second-order valence-electron chi connectivity index (χ2n) is 4.80. The number of nitro groups is 1. The number of nitro benzene ring substituents is 1. The molecule has 0 spiro atoms. The van der Waals surface area contributed by atoms with E-state index in [0.717, 1.165) is 4.31 Å². The maximum atomic E-state index is 12.0. The number of benzene rings is 1. The molecule has 0 heterocycles. The molecule has 0 aliphatic carbocycles. The van der Waals surface area contributed by atoms with E-state index in [-0.39, 0.29) is 18.7 Å². The van der Waals surface area contributed by atoms with Crippen LogP contribution in [0.3, 0.4) is 0 Å². The number of nitriles is 1. The molecule has 1 unspecified atom stereocenters. The molecule has 0 aromatic heterocycles. The molecule has 0 saturated heterocycles. The van der Waals surface area contributed by atoms with Gasteiger partial charge in [0.05, 0.1) is 17.4 Å². The highest BCUT2D eigenvalue weighted by Crippen LogP contribution is 2.13. The lowest BCUT2D eigenvalue weighted by atomic mass is 10.1. The van der Waals surface area contributed by atoms with Gasteiger partial charge in [-0.25, -0.2) is 4.72 Å². The van der Waals surface area contributed by atoms with Crippen LogP contribution in [0.5, 0.6) is 0 Å². The van der Waals surface area contributed by atoms with E-state index in [2.05, 4.69) is 4.72 Å². The molecule has 0 aliphatic rings. The lowest BCUT2D eigenvalue weighted by Gasteiger charge is -2.22. The summed E-state index contributed by atoms with van der Waals surface area (Å²) in [6.45, 7) is 1.76. The first-order valence-corrected chi connectivity index (χ1v) is 8.05. The average molecular weight is 326 g/mol. The number of non-ortho nitro benzene ring substituents is 1. The summed E-state index contributed by atoms with van der Waals surface area (Å²) in [4.78, 5) is 10.2. The molecule has 1 rings (SSSR count). The van der Waals surface area contributed by atoms with E-state index in [1.165, 1.54) is 19.2 Å². The second kappa shape index (κ2) is 7.84. The van der Waals surface area contributed by atoms with Crippen LogP contribution in [0.4, 0.5) is 5.69 Å². The van der Waals surface area contributed by atoms with Crippen LogP contribution in [0.1, 0.15) is 18.9 Å². The molecule has 1 aromatic rings. The predicted molar refractivity (Wildman–Crippen MR) is 81.2 cm³/mol. The van der Waals surface area contributed by atoms with Gasteiger partial charge >= 0.3 is 0 Å². The van der Waals surface area contributed by atoms with Gasteiger partial charge in [-0.2, -0.15) is 18.0 Å². The summed E-state index contributed by atoms with van der Waals surface area (Å²) in [5.41, 5.74) is 0.643. The topological polar surface area (TPSA) is 116 Å². The fourth-order valence-electron chi connectivity index (χ4n) is 1.75. The predicted octanol–water partition coefficient (Wildman–Crippen LogP) is 1.21. The highest BCUT2D eigenvalue weighted by atomic mass is 32.2. The van der Waals surface area contributed by atoms with Gasteiger partial charge in [0, 0.05) is 31.8 Å². The first-order valence-electron chi connectivity index (χ1n) is 6.61. The zero-order valence-electron chi connectivity index (χ0n) is 12.4. The molecule has 1 aromatic carbocycles. The Kier molecular flexibility index (Phi) is 6.42. The Morgan fingerprint density at radius 3 is 2.77 bits per heavy atom. The number of rotatable bonds is 8. The average Bonchev–Trinajstić information content (AvgIpc) is 2.46. The number of hydrogen-bond donors (Lipinski definition) is 1. The van der Waals surface area contributed by atoms with Crippen LogP contribution in [0.25, 0.3) is 0 Å². The molecule has 120 valence electrons. The third kappa shape index (κ3) is 5.07. The van der Waals surface area contributed by atoms with Crippen molar-refractivity contribution >= 4 is 15.9 Å². The van der Waals surface area contributed by atoms with Gasteiger partial charge in [-0.15, -0.1) is 0 Å². The minimum atomic E-state index is -3.68. The first kappa shape index (κ1) is 18.0. The molecular weight excluding hydrogens is 308 g/mol. The van der Waals surface area contributed by atoms with Crippen LogP contribution in [-0.4, -0.2) is 37.3 Å². The molecule has 0 saturated carbocycles. The Morgan fingerprint density at radius 2 is 2.18 bits per heavy atom. The Bertz CT molecular complexity index is 669. The van der Waals surface area contributed by atoms with Gasteiger partial charge in [0.2, 0.25) is 0 Å². The lowest BCUT2D eigenvalue weighted by molar-refractivity contribution is -0.384. The number of hydrogen-bond acceptors (Lipinski definition) is 5. The molecule has 0 aliphatic heterocycles. The molecule has 0 amide bonds. The first-order chi connectivity index (χ1) is 10.3. The Morgan fingerprint density at radius 1 is 1.50 bits per heavy atom. The Balaban J connectivity index is 2.61. The third-order valence-corrected chi connectivity index (χ3v) is 4.89. The maximum Gasteiger partial charge on any atom is 0.279 e. The van der Waals surface area contributed by atoms with Crippen LogP contribution in [0.2, 0.25) is 0 Å². The van der Waals surface area contributed by atoms with Crippen LogP contribution in [0, 0.1) is 21.4 Å². The largest absolute Gasteiger partial charge is 0.279 e. The summed E-state index contributed by atoms with van der Waals surface area (Å²) in [5.74, 6) is 0. The van der Waals surface area contributed by atoms with Crippen LogP contribution in [0.15, 0.2) is 24.3 Å². The van der Waals surface area contributed by atoms with Gasteiger partial charge in [-0.3, -0.25) is 10.1 Å². The van der Waals surface area contributed by atoms with Crippen LogP contribution < -0.4 is 4.72 Å². The number of nitrogens with zero attached hydrogens (tertiary/aromatic N) is 3. The summed E-state index contributed by atoms with van der Waals surface area (Å²) in [7, 11) is -2.28. The zero-order valence-corrected chi connectivity index (χ0v) is 13.2. The van der Waals surface area contributed by atoms with E-state index in [9.17, 15) is 18.5 Å². The SMILES string of the molecule is CC(CC#N)N(C)S(=O)(=O)NCCc1cccc([N+](=O)[O-])c1. The van der Waals surface area contributed by atoms with Crippen LogP contribution >= 0.6 is 0 Å². The minimum Gasteiger partial charge on any atom is -0.258 e. The monoisotopic (exact) mass is 326 g/mol. The second-order valence-corrected chi connectivity index (χ2v) is 6.62. The zero-order chi connectivity index (χ0) is 16.8. The summed E-state index contributed by atoms with van der Waals surface area (Å²) >= 11 is 0. The van der Waals surface area contributed by atoms with Gasteiger partial charge in [-0.1, -0.05) is 12.1 Å². The molecule has 1 N–H and O–H groups in total. The van der Waals surface area contributed by atoms with Gasteiger partial charge in [-0.05, 0) is 18.9 Å². The van der Waals surface area contributed by atoms with Crippen molar-refractivity contribution in [2.45, 2.75) is 25.8 Å². The van der Waals surface area contributed by atoms with Gasteiger partial charge in [0.25, 0.3) is 15.9 Å². The van der Waals surface area contributed by atoms with Crippen molar-refractivity contribution in [1.82, 2.24) is 9.03 Å². The van der Waals surface area contributed by atoms with Crippen molar-refractivity contribution in [2.24, 2.45) is 0 Å². The highest BCUT2D eigenvalue weighted by Gasteiger charge is 2.22. The van der Waals surface area contributed by atoms with Gasteiger partial charge < -0.3 is 0 Å². The summed E-state index contributed by atoms with van der Waals surface area (Å²) < 4.78 is 27.5. The van der Waals surface area contributed by atoms with Crippen molar-refractivity contribution in [3.05, 3.63) is 39.9 Å². The standard InChI is InChI=1S/C13H18N4O4S/c1-11(6-8-14)16(2)22(20,21)15-9-7-12-4-3-5-13(10-12)17(18)19/h3-5,10-11,15H,6-7,9H2,1-2H3. The van der Waals surface area contributed by atoms with Gasteiger partial charge in [0.15, 0.2) is 0 Å². The van der Waals surface area contributed by atoms with E-state index >= 15 is 0 Å². The van der Waals surface area contributed by atoms with Crippen molar-refractivity contribution in [2.75, 3.05) is 13.6 Å². The van der Waals surface area contributed by atoms with Crippen molar-refractivity contribution < 1.29 is 13.3 Å². The molecular formula is C13H18N4O4S. The maximum absolute atomic E-state index is 12.0. The summed E-state index contributed by atoms with van der Waals surface area (Å²) in [6.07, 6.45) is 0.434. The molecule has 22 heavy (non-hydrogen) atoms. The molecule has 8 nitrogen and oxygen atoms in total. The lowest BCUT2D eigenvalue weighted by Crippen LogP contribution is -2.43. The van der Waals surface area contributed by atoms with E-state index in [4.69, 9.17) is 5.26 Å². The van der Waals surface area contributed by atoms with Crippen molar-refractivity contribution in [1.29, 1.82) is 5.26 Å².